The fraction of sp³-hybridized carbons (Fsp3) is 0.636. The maximum Gasteiger partial charge on any atom is 0.133 e. The molecule has 1 saturated carbocycles. The third kappa shape index (κ3) is 2.44. The molecule has 0 aromatic carbocycles. The van der Waals surface area contributed by atoms with E-state index in [1.807, 2.05) is 6.07 Å². The summed E-state index contributed by atoms with van der Waals surface area (Å²) in [5.74, 6) is 2.15. The van der Waals surface area contributed by atoms with E-state index in [2.05, 4.69) is 23.8 Å². The van der Waals surface area contributed by atoms with Gasteiger partial charge in [-0.05, 0) is 31.2 Å². The SMILES string of the molecule is CC(C)Cc1cc(Cl)nc(C2CC2)n1. The predicted octanol–water partition coefficient (Wildman–Crippen LogP) is 3.21. The average molecular weight is 211 g/mol. The molecule has 0 unspecified atom stereocenters. The quantitative estimate of drug-likeness (QED) is 0.716. The first kappa shape index (κ1) is 9.91. The molecule has 1 aromatic heterocycles. The Kier molecular flexibility index (Phi) is 2.73. The van der Waals surface area contributed by atoms with Crippen LogP contribution in [0.1, 0.15) is 44.1 Å². The topological polar surface area (TPSA) is 25.8 Å². The van der Waals surface area contributed by atoms with Crippen LogP contribution in [-0.2, 0) is 6.42 Å². The van der Waals surface area contributed by atoms with Crippen molar-refractivity contribution < 1.29 is 0 Å². The lowest BCUT2D eigenvalue weighted by Gasteiger charge is -2.06. The standard InChI is InChI=1S/C11H15ClN2/c1-7(2)5-9-6-10(12)14-11(13-9)8-3-4-8/h6-8H,3-5H2,1-2H3. The van der Waals surface area contributed by atoms with E-state index in [-0.39, 0.29) is 0 Å². The molecule has 1 aliphatic carbocycles. The monoisotopic (exact) mass is 210 g/mol. The third-order valence-corrected chi connectivity index (χ3v) is 2.52. The normalized spacial score (nSPS) is 16.3. The highest BCUT2D eigenvalue weighted by Gasteiger charge is 2.27. The summed E-state index contributed by atoms with van der Waals surface area (Å²) < 4.78 is 0. The van der Waals surface area contributed by atoms with Gasteiger partial charge in [-0.3, -0.25) is 0 Å². The molecule has 0 aliphatic heterocycles. The smallest absolute Gasteiger partial charge is 0.133 e. The van der Waals surface area contributed by atoms with Crippen LogP contribution >= 0.6 is 11.6 Å². The summed E-state index contributed by atoms with van der Waals surface area (Å²) in [5, 5.41) is 0.595. The van der Waals surface area contributed by atoms with Crippen molar-refractivity contribution in [2.45, 2.75) is 39.0 Å². The number of nitrogens with zero attached hydrogens (tertiary/aromatic N) is 2. The Morgan fingerprint density at radius 1 is 1.43 bits per heavy atom. The van der Waals surface area contributed by atoms with E-state index in [1.165, 1.54) is 12.8 Å². The van der Waals surface area contributed by atoms with Gasteiger partial charge in [-0.15, -0.1) is 0 Å². The Morgan fingerprint density at radius 2 is 2.14 bits per heavy atom. The molecule has 3 heteroatoms. The Labute approximate surface area is 89.7 Å². The molecule has 0 amide bonds. The van der Waals surface area contributed by atoms with Crippen LogP contribution in [0.15, 0.2) is 6.07 Å². The molecule has 14 heavy (non-hydrogen) atoms. The summed E-state index contributed by atoms with van der Waals surface area (Å²) in [6, 6.07) is 1.88. The highest BCUT2D eigenvalue weighted by Crippen LogP contribution is 2.38. The first-order valence-electron chi connectivity index (χ1n) is 5.18. The van der Waals surface area contributed by atoms with Crippen molar-refractivity contribution in [3.8, 4) is 0 Å². The molecule has 0 spiro atoms. The second-order valence-corrected chi connectivity index (χ2v) is 4.80. The molecule has 1 fully saturated rings. The van der Waals surface area contributed by atoms with E-state index in [9.17, 15) is 0 Å². The molecule has 76 valence electrons. The van der Waals surface area contributed by atoms with E-state index in [0.717, 1.165) is 17.9 Å². The molecular weight excluding hydrogens is 196 g/mol. The highest BCUT2D eigenvalue weighted by atomic mass is 35.5. The number of hydrogen-bond acceptors (Lipinski definition) is 2. The molecule has 0 radical (unpaired) electrons. The average Bonchev–Trinajstić information content (AvgIpc) is 2.82. The molecule has 1 aliphatic rings. The summed E-state index contributed by atoms with van der Waals surface area (Å²) in [6.07, 6.45) is 3.44. The Balaban J connectivity index is 2.22. The number of rotatable bonds is 3. The fourth-order valence-corrected chi connectivity index (χ4v) is 1.74. The molecule has 0 N–H and O–H groups in total. The lowest BCUT2D eigenvalue weighted by molar-refractivity contribution is 0.630. The van der Waals surface area contributed by atoms with Crippen LogP contribution in [0.25, 0.3) is 0 Å². The Morgan fingerprint density at radius 3 is 2.71 bits per heavy atom. The summed E-state index contributed by atoms with van der Waals surface area (Å²) in [4.78, 5) is 8.80. The summed E-state index contributed by atoms with van der Waals surface area (Å²) >= 11 is 5.95. The van der Waals surface area contributed by atoms with Gasteiger partial charge in [-0.1, -0.05) is 25.4 Å². The second kappa shape index (κ2) is 3.85. The Hall–Kier alpha value is -0.630. The van der Waals surface area contributed by atoms with Crippen LogP contribution in [-0.4, -0.2) is 9.97 Å². The van der Waals surface area contributed by atoms with Gasteiger partial charge in [0.1, 0.15) is 11.0 Å². The van der Waals surface area contributed by atoms with Crippen LogP contribution in [0.3, 0.4) is 0 Å². The van der Waals surface area contributed by atoms with Crippen molar-refractivity contribution in [1.29, 1.82) is 0 Å². The zero-order valence-corrected chi connectivity index (χ0v) is 9.38. The van der Waals surface area contributed by atoms with Gasteiger partial charge < -0.3 is 0 Å². The van der Waals surface area contributed by atoms with E-state index in [1.54, 1.807) is 0 Å². The first-order valence-corrected chi connectivity index (χ1v) is 5.56. The molecular formula is C11H15ClN2. The number of hydrogen-bond donors (Lipinski definition) is 0. The van der Waals surface area contributed by atoms with Crippen LogP contribution in [0.5, 0.6) is 0 Å². The molecule has 1 aromatic rings. The largest absolute Gasteiger partial charge is 0.238 e. The molecule has 1 heterocycles. The summed E-state index contributed by atoms with van der Waals surface area (Å²) in [6.45, 7) is 4.37. The van der Waals surface area contributed by atoms with Gasteiger partial charge in [-0.2, -0.15) is 0 Å². The predicted molar refractivity (Wildman–Crippen MR) is 57.6 cm³/mol. The number of halogens is 1. The lowest BCUT2D eigenvalue weighted by atomic mass is 10.1. The van der Waals surface area contributed by atoms with E-state index < -0.39 is 0 Å². The van der Waals surface area contributed by atoms with Crippen LogP contribution in [0.4, 0.5) is 0 Å². The first-order chi connectivity index (χ1) is 6.65. The highest BCUT2D eigenvalue weighted by molar-refractivity contribution is 6.29. The van der Waals surface area contributed by atoms with Gasteiger partial charge in [0, 0.05) is 11.6 Å². The van der Waals surface area contributed by atoms with Crippen LogP contribution < -0.4 is 0 Å². The molecule has 2 nitrogen and oxygen atoms in total. The van der Waals surface area contributed by atoms with Gasteiger partial charge in [0.2, 0.25) is 0 Å². The minimum Gasteiger partial charge on any atom is -0.238 e. The van der Waals surface area contributed by atoms with Gasteiger partial charge >= 0.3 is 0 Å². The zero-order valence-electron chi connectivity index (χ0n) is 8.63. The van der Waals surface area contributed by atoms with Crippen molar-refractivity contribution >= 4 is 11.6 Å². The lowest BCUT2D eigenvalue weighted by Crippen LogP contribution is -2.02. The summed E-state index contributed by atoms with van der Waals surface area (Å²) in [7, 11) is 0. The van der Waals surface area contributed by atoms with Crippen molar-refractivity contribution in [2.75, 3.05) is 0 Å². The molecule has 0 atom stereocenters. The van der Waals surface area contributed by atoms with Gasteiger partial charge in [-0.25, -0.2) is 9.97 Å². The van der Waals surface area contributed by atoms with Gasteiger partial charge in [0.15, 0.2) is 0 Å². The zero-order chi connectivity index (χ0) is 10.1. The molecule has 0 saturated heterocycles. The molecule has 0 bridgehead atoms. The maximum absolute atomic E-state index is 5.95. The second-order valence-electron chi connectivity index (χ2n) is 4.41. The maximum atomic E-state index is 5.95. The summed E-state index contributed by atoms with van der Waals surface area (Å²) in [5.41, 5.74) is 1.09. The van der Waals surface area contributed by atoms with Gasteiger partial charge in [0.05, 0.1) is 0 Å². The van der Waals surface area contributed by atoms with Crippen molar-refractivity contribution in [3.63, 3.8) is 0 Å². The van der Waals surface area contributed by atoms with E-state index >= 15 is 0 Å². The van der Waals surface area contributed by atoms with Crippen molar-refractivity contribution in [3.05, 3.63) is 22.7 Å². The van der Waals surface area contributed by atoms with Crippen LogP contribution in [0, 0.1) is 5.92 Å². The van der Waals surface area contributed by atoms with E-state index in [4.69, 9.17) is 11.6 Å². The van der Waals surface area contributed by atoms with Crippen molar-refractivity contribution in [2.24, 2.45) is 5.92 Å². The number of aromatic nitrogens is 2. The molecule has 2 rings (SSSR count). The third-order valence-electron chi connectivity index (χ3n) is 2.33. The minimum absolute atomic E-state index is 0.583. The Bertz CT molecular complexity index is 332. The van der Waals surface area contributed by atoms with Gasteiger partial charge in [0.25, 0.3) is 0 Å². The fourth-order valence-electron chi connectivity index (χ4n) is 1.53. The van der Waals surface area contributed by atoms with E-state index in [0.29, 0.717) is 17.0 Å². The van der Waals surface area contributed by atoms with Crippen LogP contribution in [0.2, 0.25) is 5.15 Å². The minimum atomic E-state index is 0.583. The van der Waals surface area contributed by atoms with Crippen molar-refractivity contribution in [1.82, 2.24) is 9.97 Å².